The number of hydrogen-bond donors (Lipinski definition) is 1. The van der Waals surface area contributed by atoms with E-state index in [4.69, 9.17) is 0 Å². The molecule has 82 valence electrons. The van der Waals surface area contributed by atoms with E-state index in [0.717, 1.165) is 30.3 Å². The lowest BCUT2D eigenvalue weighted by Gasteiger charge is -2.22. The largest absolute Gasteiger partial charge is 0.353 e. The van der Waals surface area contributed by atoms with Gasteiger partial charge in [0, 0.05) is 24.5 Å². The summed E-state index contributed by atoms with van der Waals surface area (Å²) >= 11 is 0. The van der Waals surface area contributed by atoms with Crippen molar-refractivity contribution in [3.8, 4) is 0 Å². The minimum atomic E-state index is 0.735. The van der Waals surface area contributed by atoms with Gasteiger partial charge in [0.25, 0.3) is 0 Å². The Morgan fingerprint density at radius 2 is 2.31 bits per heavy atom. The summed E-state index contributed by atoms with van der Waals surface area (Å²) in [5.41, 5.74) is 2.33. The Hall–Kier alpha value is -1.58. The molecule has 0 amide bonds. The Morgan fingerprint density at radius 1 is 1.38 bits per heavy atom. The quantitative estimate of drug-likeness (QED) is 0.788. The number of rotatable bonds is 1. The molecule has 1 aliphatic carbocycles. The number of pyridine rings is 1. The Bertz CT molecular complexity index is 541. The maximum absolute atomic E-state index is 4.58. The number of aryl methyl sites for hydroxylation is 1. The predicted molar refractivity (Wildman–Crippen MR) is 62.6 cm³/mol. The fraction of sp³-hybridized carbons (Fsp3) is 0.500. The van der Waals surface area contributed by atoms with Gasteiger partial charge in [-0.1, -0.05) is 0 Å². The molecule has 0 bridgehead atoms. The number of hydrogen-bond acceptors (Lipinski definition) is 3. The molecule has 2 aliphatic rings. The predicted octanol–water partition coefficient (Wildman–Crippen LogP) is 1.87. The Kier molecular flexibility index (Phi) is 1.59. The van der Waals surface area contributed by atoms with Crippen LogP contribution in [-0.2, 0) is 6.42 Å². The maximum atomic E-state index is 4.58. The van der Waals surface area contributed by atoms with Crippen LogP contribution in [0.4, 0.5) is 5.82 Å². The third-order valence-corrected chi connectivity index (χ3v) is 3.61. The minimum absolute atomic E-state index is 0.735. The highest BCUT2D eigenvalue weighted by molar-refractivity contribution is 5.92. The van der Waals surface area contributed by atoms with Crippen molar-refractivity contribution in [3.63, 3.8) is 0 Å². The highest BCUT2D eigenvalue weighted by Crippen LogP contribution is 2.37. The molecule has 4 heteroatoms. The van der Waals surface area contributed by atoms with Crippen molar-refractivity contribution in [2.24, 2.45) is 0 Å². The van der Waals surface area contributed by atoms with E-state index in [9.17, 15) is 0 Å². The Morgan fingerprint density at radius 3 is 3.19 bits per heavy atom. The van der Waals surface area contributed by atoms with Crippen LogP contribution in [0.15, 0.2) is 12.3 Å². The SMILES string of the molecule is c1cc2n[nH]c3c2c(n1)N(C1CC1)CCC3. The van der Waals surface area contributed by atoms with E-state index in [-0.39, 0.29) is 0 Å². The van der Waals surface area contributed by atoms with Crippen LogP contribution in [0, 0.1) is 0 Å². The number of nitrogens with zero attached hydrogens (tertiary/aromatic N) is 3. The topological polar surface area (TPSA) is 44.8 Å². The molecule has 1 fully saturated rings. The summed E-state index contributed by atoms with van der Waals surface area (Å²) in [6.07, 6.45) is 6.82. The monoisotopic (exact) mass is 214 g/mol. The van der Waals surface area contributed by atoms with E-state index in [2.05, 4.69) is 20.1 Å². The van der Waals surface area contributed by atoms with Gasteiger partial charge in [-0.3, -0.25) is 5.10 Å². The second-order valence-corrected chi connectivity index (χ2v) is 4.76. The summed E-state index contributed by atoms with van der Waals surface area (Å²) < 4.78 is 0. The van der Waals surface area contributed by atoms with E-state index in [1.807, 2.05) is 12.3 Å². The van der Waals surface area contributed by atoms with E-state index < -0.39 is 0 Å². The lowest BCUT2D eigenvalue weighted by atomic mass is 10.2. The van der Waals surface area contributed by atoms with Crippen molar-refractivity contribution in [1.29, 1.82) is 0 Å². The van der Waals surface area contributed by atoms with Gasteiger partial charge in [0.05, 0.1) is 10.9 Å². The molecule has 0 atom stereocenters. The first-order valence-corrected chi connectivity index (χ1v) is 6.02. The van der Waals surface area contributed by atoms with Crippen molar-refractivity contribution in [3.05, 3.63) is 18.0 Å². The second kappa shape index (κ2) is 2.97. The molecule has 0 spiro atoms. The van der Waals surface area contributed by atoms with E-state index in [1.165, 1.54) is 30.3 Å². The van der Waals surface area contributed by atoms with Crippen LogP contribution in [0.1, 0.15) is 25.0 Å². The van der Waals surface area contributed by atoms with E-state index in [0.29, 0.717) is 0 Å². The minimum Gasteiger partial charge on any atom is -0.353 e. The molecule has 4 nitrogen and oxygen atoms in total. The van der Waals surface area contributed by atoms with Crippen LogP contribution in [0.3, 0.4) is 0 Å². The van der Waals surface area contributed by atoms with Crippen molar-refractivity contribution in [2.75, 3.05) is 11.4 Å². The van der Waals surface area contributed by atoms with Crippen LogP contribution in [0.25, 0.3) is 10.9 Å². The third kappa shape index (κ3) is 1.10. The standard InChI is InChI=1S/C12H14N4/c1-2-9-11-10(15-14-9)5-6-13-12(11)16(7-1)8-3-4-8/h5-6,8H,1-4,7H2,(H,14,15). The number of aromatic nitrogens is 3. The summed E-state index contributed by atoms with van der Waals surface area (Å²) in [6.45, 7) is 1.14. The molecule has 3 heterocycles. The fourth-order valence-electron chi connectivity index (χ4n) is 2.68. The molecule has 0 saturated heterocycles. The van der Waals surface area contributed by atoms with Crippen LogP contribution < -0.4 is 4.90 Å². The van der Waals surface area contributed by atoms with Crippen molar-refractivity contribution in [2.45, 2.75) is 31.7 Å². The fourth-order valence-corrected chi connectivity index (χ4v) is 2.68. The highest BCUT2D eigenvalue weighted by atomic mass is 15.2. The van der Waals surface area contributed by atoms with Gasteiger partial charge in [-0.05, 0) is 31.7 Å². The molecular formula is C12H14N4. The van der Waals surface area contributed by atoms with E-state index in [1.54, 1.807) is 0 Å². The molecule has 4 rings (SSSR count). The van der Waals surface area contributed by atoms with Gasteiger partial charge in [-0.2, -0.15) is 5.10 Å². The van der Waals surface area contributed by atoms with Crippen molar-refractivity contribution in [1.82, 2.24) is 15.2 Å². The summed E-state index contributed by atoms with van der Waals surface area (Å²) in [7, 11) is 0. The lowest BCUT2D eigenvalue weighted by molar-refractivity contribution is 0.722. The number of H-pyrrole nitrogens is 1. The van der Waals surface area contributed by atoms with Gasteiger partial charge in [-0.25, -0.2) is 4.98 Å². The molecule has 0 aromatic carbocycles. The van der Waals surface area contributed by atoms with Crippen molar-refractivity contribution >= 4 is 16.7 Å². The number of aromatic amines is 1. The van der Waals surface area contributed by atoms with Crippen LogP contribution in [-0.4, -0.2) is 27.8 Å². The molecule has 2 aromatic rings. The lowest BCUT2D eigenvalue weighted by Crippen LogP contribution is -2.27. The zero-order valence-electron chi connectivity index (χ0n) is 9.11. The summed E-state index contributed by atoms with van der Waals surface area (Å²) in [5, 5.41) is 8.77. The van der Waals surface area contributed by atoms with Crippen LogP contribution >= 0.6 is 0 Å². The first-order chi connectivity index (χ1) is 7.93. The maximum Gasteiger partial charge on any atom is 0.140 e. The molecule has 2 aromatic heterocycles. The average molecular weight is 214 g/mol. The zero-order valence-corrected chi connectivity index (χ0v) is 9.11. The molecular weight excluding hydrogens is 200 g/mol. The molecule has 0 unspecified atom stereocenters. The molecule has 1 N–H and O–H groups in total. The summed E-state index contributed by atoms with van der Waals surface area (Å²) in [6, 6.07) is 2.73. The van der Waals surface area contributed by atoms with Gasteiger partial charge in [0.1, 0.15) is 5.82 Å². The van der Waals surface area contributed by atoms with Crippen molar-refractivity contribution < 1.29 is 0 Å². The molecule has 1 aliphatic heterocycles. The van der Waals surface area contributed by atoms with Gasteiger partial charge in [0.15, 0.2) is 0 Å². The molecule has 1 saturated carbocycles. The first kappa shape index (κ1) is 8.56. The first-order valence-electron chi connectivity index (χ1n) is 6.02. The van der Waals surface area contributed by atoms with Gasteiger partial charge < -0.3 is 4.90 Å². The molecule has 0 radical (unpaired) electrons. The van der Waals surface area contributed by atoms with E-state index >= 15 is 0 Å². The second-order valence-electron chi connectivity index (χ2n) is 4.76. The van der Waals surface area contributed by atoms with Gasteiger partial charge in [0.2, 0.25) is 0 Å². The summed E-state index contributed by atoms with van der Waals surface area (Å²) in [4.78, 5) is 7.06. The third-order valence-electron chi connectivity index (χ3n) is 3.61. The van der Waals surface area contributed by atoms with Gasteiger partial charge in [-0.15, -0.1) is 0 Å². The average Bonchev–Trinajstić information content (AvgIpc) is 3.06. The number of anilines is 1. The van der Waals surface area contributed by atoms with Gasteiger partial charge >= 0.3 is 0 Å². The highest BCUT2D eigenvalue weighted by Gasteiger charge is 2.32. The smallest absolute Gasteiger partial charge is 0.140 e. The normalized spacial score (nSPS) is 20.1. The number of nitrogens with one attached hydrogen (secondary N) is 1. The summed E-state index contributed by atoms with van der Waals surface area (Å²) in [5.74, 6) is 1.15. The molecule has 16 heavy (non-hydrogen) atoms. The van der Waals surface area contributed by atoms with Crippen LogP contribution in [0.2, 0.25) is 0 Å². The Balaban J connectivity index is 1.99. The Labute approximate surface area is 93.7 Å². The zero-order chi connectivity index (χ0) is 10.5. The van der Waals surface area contributed by atoms with Crippen LogP contribution in [0.5, 0.6) is 0 Å².